The van der Waals surface area contributed by atoms with Crippen LogP contribution in [-0.2, 0) is 6.54 Å². The van der Waals surface area contributed by atoms with Crippen LogP contribution in [0, 0.1) is 0 Å². The monoisotopic (exact) mass is 265 g/mol. The first-order chi connectivity index (χ1) is 9.17. The third kappa shape index (κ3) is 5.97. The SMILES string of the molecule is CCCCCOc1cc(CNC(C)C)ccc1OC. The maximum atomic E-state index is 5.82. The number of unbranched alkanes of at least 4 members (excludes halogenated alkanes) is 2. The van der Waals surface area contributed by atoms with Crippen LogP contribution in [0.4, 0.5) is 0 Å². The van der Waals surface area contributed by atoms with E-state index < -0.39 is 0 Å². The molecule has 1 rings (SSSR count). The summed E-state index contributed by atoms with van der Waals surface area (Å²) in [5.41, 5.74) is 1.22. The lowest BCUT2D eigenvalue weighted by molar-refractivity contribution is 0.285. The van der Waals surface area contributed by atoms with Crippen LogP contribution < -0.4 is 14.8 Å². The van der Waals surface area contributed by atoms with Crippen LogP contribution >= 0.6 is 0 Å². The molecular formula is C16H27NO2. The van der Waals surface area contributed by atoms with Gasteiger partial charge >= 0.3 is 0 Å². The lowest BCUT2D eigenvalue weighted by Gasteiger charge is -2.13. The van der Waals surface area contributed by atoms with Crippen LogP contribution in [0.15, 0.2) is 18.2 Å². The summed E-state index contributed by atoms with van der Waals surface area (Å²) in [6.45, 7) is 8.09. The minimum atomic E-state index is 0.482. The van der Waals surface area contributed by atoms with Crippen molar-refractivity contribution in [3.63, 3.8) is 0 Å². The summed E-state index contributed by atoms with van der Waals surface area (Å²) in [4.78, 5) is 0. The van der Waals surface area contributed by atoms with Crippen molar-refractivity contribution in [1.29, 1.82) is 0 Å². The zero-order chi connectivity index (χ0) is 14.1. The number of hydrogen-bond donors (Lipinski definition) is 1. The van der Waals surface area contributed by atoms with E-state index in [1.165, 1.54) is 18.4 Å². The Bertz CT molecular complexity index is 364. The zero-order valence-corrected chi connectivity index (χ0v) is 12.7. The first-order valence-electron chi connectivity index (χ1n) is 7.20. The highest BCUT2D eigenvalue weighted by Crippen LogP contribution is 2.28. The molecule has 0 aliphatic carbocycles. The molecule has 1 N–H and O–H groups in total. The van der Waals surface area contributed by atoms with Gasteiger partial charge < -0.3 is 14.8 Å². The van der Waals surface area contributed by atoms with Crippen LogP contribution in [0.2, 0.25) is 0 Å². The fourth-order valence-corrected chi connectivity index (χ4v) is 1.80. The van der Waals surface area contributed by atoms with Crippen molar-refractivity contribution in [1.82, 2.24) is 5.32 Å². The van der Waals surface area contributed by atoms with E-state index in [1.54, 1.807) is 7.11 Å². The Morgan fingerprint density at radius 2 is 1.95 bits per heavy atom. The lowest BCUT2D eigenvalue weighted by Crippen LogP contribution is -2.21. The second-order valence-electron chi connectivity index (χ2n) is 5.08. The summed E-state index contributed by atoms with van der Waals surface area (Å²) in [6.07, 6.45) is 3.50. The predicted molar refractivity (Wildman–Crippen MR) is 80.0 cm³/mol. The van der Waals surface area contributed by atoms with Crippen molar-refractivity contribution < 1.29 is 9.47 Å². The normalized spacial score (nSPS) is 10.8. The molecule has 0 amide bonds. The predicted octanol–water partition coefficient (Wildman–Crippen LogP) is 3.76. The Morgan fingerprint density at radius 3 is 2.58 bits per heavy atom. The molecule has 0 aliphatic rings. The molecule has 0 heterocycles. The van der Waals surface area contributed by atoms with Gasteiger partial charge in [0.05, 0.1) is 13.7 Å². The third-order valence-corrected chi connectivity index (χ3v) is 2.95. The number of rotatable bonds is 9. The van der Waals surface area contributed by atoms with Gasteiger partial charge in [0.25, 0.3) is 0 Å². The second kappa shape index (κ2) is 8.81. The van der Waals surface area contributed by atoms with Gasteiger partial charge in [-0.05, 0) is 24.1 Å². The first-order valence-corrected chi connectivity index (χ1v) is 7.20. The average Bonchev–Trinajstić information content (AvgIpc) is 2.41. The molecule has 0 fully saturated rings. The van der Waals surface area contributed by atoms with E-state index in [-0.39, 0.29) is 0 Å². The number of hydrogen-bond acceptors (Lipinski definition) is 3. The number of ether oxygens (including phenoxy) is 2. The highest BCUT2D eigenvalue weighted by molar-refractivity contribution is 5.42. The number of nitrogens with one attached hydrogen (secondary N) is 1. The third-order valence-electron chi connectivity index (χ3n) is 2.95. The van der Waals surface area contributed by atoms with Crippen LogP contribution in [0.3, 0.4) is 0 Å². The summed E-state index contributed by atoms with van der Waals surface area (Å²) >= 11 is 0. The molecule has 1 aromatic rings. The summed E-state index contributed by atoms with van der Waals surface area (Å²) in [5.74, 6) is 1.66. The molecule has 19 heavy (non-hydrogen) atoms. The maximum Gasteiger partial charge on any atom is 0.161 e. The van der Waals surface area contributed by atoms with Crippen LogP contribution in [-0.4, -0.2) is 19.8 Å². The van der Waals surface area contributed by atoms with Gasteiger partial charge in [-0.15, -0.1) is 0 Å². The minimum Gasteiger partial charge on any atom is -0.493 e. The number of methoxy groups -OCH3 is 1. The van der Waals surface area contributed by atoms with Gasteiger partial charge in [-0.3, -0.25) is 0 Å². The van der Waals surface area contributed by atoms with E-state index in [2.05, 4.69) is 38.2 Å². The highest BCUT2D eigenvalue weighted by atomic mass is 16.5. The molecule has 0 aliphatic heterocycles. The van der Waals surface area contributed by atoms with E-state index in [0.29, 0.717) is 6.04 Å². The summed E-state index contributed by atoms with van der Waals surface area (Å²) in [5, 5.41) is 3.41. The van der Waals surface area contributed by atoms with Gasteiger partial charge in [0.2, 0.25) is 0 Å². The molecule has 3 heteroatoms. The molecule has 1 aromatic carbocycles. The summed E-state index contributed by atoms with van der Waals surface area (Å²) < 4.78 is 11.2. The topological polar surface area (TPSA) is 30.5 Å². The van der Waals surface area contributed by atoms with Gasteiger partial charge in [-0.1, -0.05) is 39.7 Å². The van der Waals surface area contributed by atoms with Crippen molar-refractivity contribution in [2.75, 3.05) is 13.7 Å². The Balaban J connectivity index is 2.61. The van der Waals surface area contributed by atoms with Crippen molar-refractivity contribution >= 4 is 0 Å². The molecule has 0 saturated carbocycles. The standard InChI is InChI=1S/C16H27NO2/c1-5-6-7-10-19-16-11-14(12-17-13(2)3)8-9-15(16)18-4/h8-9,11,13,17H,5-7,10,12H2,1-4H3. The van der Waals surface area contributed by atoms with E-state index in [4.69, 9.17) is 9.47 Å². The van der Waals surface area contributed by atoms with Crippen molar-refractivity contribution in [3.8, 4) is 11.5 Å². The van der Waals surface area contributed by atoms with E-state index >= 15 is 0 Å². The first kappa shape index (κ1) is 15.8. The number of benzene rings is 1. The molecule has 108 valence electrons. The smallest absolute Gasteiger partial charge is 0.161 e. The van der Waals surface area contributed by atoms with Crippen molar-refractivity contribution in [3.05, 3.63) is 23.8 Å². The Kier molecular flexibility index (Phi) is 7.34. The molecule has 0 atom stereocenters. The molecule has 0 unspecified atom stereocenters. The van der Waals surface area contributed by atoms with Gasteiger partial charge in [-0.2, -0.15) is 0 Å². The van der Waals surface area contributed by atoms with E-state index in [9.17, 15) is 0 Å². The minimum absolute atomic E-state index is 0.482. The molecule has 0 spiro atoms. The fraction of sp³-hybridized carbons (Fsp3) is 0.625. The Hall–Kier alpha value is -1.22. The molecule has 0 radical (unpaired) electrons. The molecular weight excluding hydrogens is 238 g/mol. The van der Waals surface area contributed by atoms with Crippen LogP contribution in [0.5, 0.6) is 11.5 Å². The van der Waals surface area contributed by atoms with Gasteiger partial charge in [0, 0.05) is 12.6 Å². The molecule has 0 aromatic heterocycles. The van der Waals surface area contributed by atoms with Crippen molar-refractivity contribution in [2.45, 2.75) is 52.6 Å². The largest absolute Gasteiger partial charge is 0.493 e. The van der Waals surface area contributed by atoms with Gasteiger partial charge in [-0.25, -0.2) is 0 Å². The lowest BCUT2D eigenvalue weighted by atomic mass is 10.2. The van der Waals surface area contributed by atoms with Gasteiger partial charge in [0.1, 0.15) is 0 Å². The fourth-order valence-electron chi connectivity index (χ4n) is 1.80. The summed E-state index contributed by atoms with van der Waals surface area (Å²) in [7, 11) is 1.68. The zero-order valence-electron chi connectivity index (χ0n) is 12.7. The Morgan fingerprint density at radius 1 is 1.16 bits per heavy atom. The van der Waals surface area contributed by atoms with E-state index in [1.807, 2.05) is 6.07 Å². The van der Waals surface area contributed by atoms with Crippen molar-refractivity contribution in [2.24, 2.45) is 0 Å². The van der Waals surface area contributed by atoms with E-state index in [0.717, 1.165) is 31.1 Å². The van der Waals surface area contributed by atoms with Crippen LogP contribution in [0.1, 0.15) is 45.6 Å². The average molecular weight is 265 g/mol. The molecule has 3 nitrogen and oxygen atoms in total. The molecule has 0 bridgehead atoms. The maximum absolute atomic E-state index is 5.82. The summed E-state index contributed by atoms with van der Waals surface area (Å²) in [6, 6.07) is 6.61. The van der Waals surface area contributed by atoms with Crippen LogP contribution in [0.25, 0.3) is 0 Å². The highest BCUT2D eigenvalue weighted by Gasteiger charge is 2.06. The second-order valence-corrected chi connectivity index (χ2v) is 5.08. The van der Waals surface area contributed by atoms with Gasteiger partial charge in [0.15, 0.2) is 11.5 Å². The molecule has 0 saturated heterocycles. The Labute approximate surface area is 117 Å². The quantitative estimate of drug-likeness (QED) is 0.690.